The lowest BCUT2D eigenvalue weighted by Gasteiger charge is -2.19. The molecule has 0 saturated heterocycles. The first-order valence-electron chi connectivity index (χ1n) is 13.7. The fourth-order valence-electron chi connectivity index (χ4n) is 6.62. The second-order valence-electron chi connectivity index (χ2n) is 10.5. The summed E-state index contributed by atoms with van der Waals surface area (Å²) in [6.45, 7) is 0. The van der Waals surface area contributed by atoms with Crippen LogP contribution >= 0.6 is 0 Å². The molecule has 0 aromatic heterocycles. The number of rotatable bonds is 3. The van der Waals surface area contributed by atoms with Gasteiger partial charge in [0, 0.05) is 0 Å². The fraction of sp³-hybridized carbons (Fsp3) is 0.0256. The van der Waals surface area contributed by atoms with Crippen LogP contribution in [-0.4, -0.2) is 0 Å². The van der Waals surface area contributed by atoms with Gasteiger partial charge in [-0.25, -0.2) is 0 Å². The second kappa shape index (κ2) is 8.82. The average Bonchev–Trinajstić information content (AvgIpc) is 3.01. The zero-order valence-electron chi connectivity index (χ0n) is 21.6. The highest BCUT2D eigenvalue weighted by atomic mass is 14.2. The van der Waals surface area contributed by atoms with Gasteiger partial charge in [-0.05, 0) is 82.5 Å². The molecular formula is C39H26. The summed E-state index contributed by atoms with van der Waals surface area (Å²) in [6.07, 6.45) is 0.874. The molecule has 0 aliphatic heterocycles. The number of fused-ring (bicyclic) bond motifs is 7. The molecule has 0 radical (unpaired) electrons. The predicted molar refractivity (Wildman–Crippen MR) is 169 cm³/mol. The van der Waals surface area contributed by atoms with E-state index in [-0.39, 0.29) is 0 Å². The van der Waals surface area contributed by atoms with Crippen LogP contribution in [0, 0.1) is 0 Å². The Kier molecular flexibility index (Phi) is 5.00. The summed E-state index contributed by atoms with van der Waals surface area (Å²) in [5, 5.41) is 13.2. The van der Waals surface area contributed by atoms with Gasteiger partial charge in [-0.15, -0.1) is 0 Å². The van der Waals surface area contributed by atoms with E-state index in [1.165, 1.54) is 76.1 Å². The van der Waals surface area contributed by atoms with Crippen molar-refractivity contribution < 1.29 is 0 Å². The van der Waals surface area contributed by atoms with Gasteiger partial charge in [-0.1, -0.05) is 146 Å². The van der Waals surface area contributed by atoms with Crippen molar-refractivity contribution in [1.29, 1.82) is 0 Å². The summed E-state index contributed by atoms with van der Waals surface area (Å²) in [4.78, 5) is 0. The van der Waals surface area contributed by atoms with E-state index in [0.29, 0.717) is 0 Å². The standard InChI is InChI=1S/C39H26/c1-2-13-27(14-3-1)38-35-20-10-7-17-32(35)37(33-18-8-11-21-36(33)38)25-29-24-28-23-22-26-12-4-5-16-31(26)39(28)34-19-9-6-15-30(29)34/h1-24H,25H2. The molecule has 0 aliphatic rings. The highest BCUT2D eigenvalue weighted by Crippen LogP contribution is 2.41. The summed E-state index contributed by atoms with van der Waals surface area (Å²) in [5.41, 5.74) is 5.35. The van der Waals surface area contributed by atoms with Gasteiger partial charge in [0.15, 0.2) is 0 Å². The van der Waals surface area contributed by atoms with Crippen LogP contribution in [0.4, 0.5) is 0 Å². The Morgan fingerprint density at radius 1 is 0.359 bits per heavy atom. The van der Waals surface area contributed by atoms with Gasteiger partial charge in [0.25, 0.3) is 0 Å². The first kappa shape index (κ1) is 22.1. The average molecular weight is 495 g/mol. The van der Waals surface area contributed by atoms with Crippen molar-refractivity contribution in [3.8, 4) is 11.1 Å². The van der Waals surface area contributed by atoms with Gasteiger partial charge in [0.1, 0.15) is 0 Å². The normalized spacial score (nSPS) is 11.7. The number of benzene rings is 8. The Morgan fingerprint density at radius 3 is 1.56 bits per heavy atom. The van der Waals surface area contributed by atoms with Gasteiger partial charge < -0.3 is 0 Å². The SMILES string of the molecule is c1ccc(-c2c3ccccc3c(Cc3cc4ccc5ccccc5c4c4ccccc34)c3ccccc23)cc1. The van der Waals surface area contributed by atoms with Crippen molar-refractivity contribution >= 4 is 53.9 Å². The van der Waals surface area contributed by atoms with E-state index in [2.05, 4.69) is 146 Å². The first-order valence-corrected chi connectivity index (χ1v) is 13.7. The quantitative estimate of drug-likeness (QED) is 0.169. The highest BCUT2D eigenvalue weighted by Gasteiger charge is 2.17. The first-order chi connectivity index (χ1) is 19.4. The molecule has 8 rings (SSSR count). The molecule has 0 saturated carbocycles. The van der Waals surface area contributed by atoms with Crippen molar-refractivity contribution in [3.63, 3.8) is 0 Å². The van der Waals surface area contributed by atoms with E-state index in [4.69, 9.17) is 0 Å². The summed E-state index contributed by atoms with van der Waals surface area (Å²) in [7, 11) is 0. The minimum atomic E-state index is 0.874. The molecule has 0 fully saturated rings. The molecule has 0 N–H and O–H groups in total. The van der Waals surface area contributed by atoms with Gasteiger partial charge >= 0.3 is 0 Å². The molecular weight excluding hydrogens is 468 g/mol. The lowest BCUT2D eigenvalue weighted by molar-refractivity contribution is 1.26. The maximum atomic E-state index is 2.43. The minimum absolute atomic E-state index is 0.874. The third kappa shape index (κ3) is 3.46. The molecule has 0 spiro atoms. The predicted octanol–water partition coefficient (Wildman–Crippen LogP) is 10.7. The molecule has 0 unspecified atom stereocenters. The molecule has 8 aromatic rings. The van der Waals surface area contributed by atoms with Crippen molar-refractivity contribution in [2.24, 2.45) is 0 Å². The van der Waals surface area contributed by atoms with E-state index < -0.39 is 0 Å². The number of hydrogen-bond acceptors (Lipinski definition) is 0. The van der Waals surface area contributed by atoms with Gasteiger partial charge in [-0.2, -0.15) is 0 Å². The lowest BCUT2D eigenvalue weighted by Crippen LogP contribution is -1.97. The molecule has 0 aliphatic carbocycles. The fourth-order valence-corrected chi connectivity index (χ4v) is 6.62. The molecule has 0 heterocycles. The third-order valence-corrected chi connectivity index (χ3v) is 8.31. The van der Waals surface area contributed by atoms with Gasteiger partial charge in [0.2, 0.25) is 0 Å². The Balaban J connectivity index is 1.44. The Bertz CT molecular complexity index is 2130. The maximum Gasteiger partial charge on any atom is -0.000706 e. The van der Waals surface area contributed by atoms with Crippen LogP contribution in [0.25, 0.3) is 65.0 Å². The van der Waals surface area contributed by atoms with E-state index >= 15 is 0 Å². The van der Waals surface area contributed by atoms with Crippen LogP contribution in [0.15, 0.2) is 146 Å². The second-order valence-corrected chi connectivity index (χ2v) is 10.5. The van der Waals surface area contributed by atoms with Crippen LogP contribution in [-0.2, 0) is 6.42 Å². The molecule has 0 nitrogen and oxygen atoms in total. The lowest BCUT2D eigenvalue weighted by atomic mass is 9.85. The summed E-state index contributed by atoms with van der Waals surface area (Å²) >= 11 is 0. The smallest absolute Gasteiger partial charge is 0.000706 e. The van der Waals surface area contributed by atoms with Gasteiger partial charge in [-0.3, -0.25) is 0 Å². The van der Waals surface area contributed by atoms with Crippen molar-refractivity contribution in [2.45, 2.75) is 6.42 Å². The topological polar surface area (TPSA) is 0 Å². The Hall–Kier alpha value is -4.94. The zero-order chi connectivity index (χ0) is 25.8. The molecule has 0 atom stereocenters. The van der Waals surface area contributed by atoms with E-state index in [1.54, 1.807) is 0 Å². The van der Waals surface area contributed by atoms with E-state index in [0.717, 1.165) is 6.42 Å². The summed E-state index contributed by atoms with van der Waals surface area (Å²) < 4.78 is 0. The Morgan fingerprint density at radius 2 is 0.872 bits per heavy atom. The molecule has 182 valence electrons. The largest absolute Gasteiger partial charge is 0.0622 e. The van der Waals surface area contributed by atoms with Crippen molar-refractivity contribution in [3.05, 3.63) is 157 Å². The maximum absolute atomic E-state index is 2.43. The molecule has 39 heavy (non-hydrogen) atoms. The molecule has 8 aromatic carbocycles. The molecule has 0 heteroatoms. The minimum Gasteiger partial charge on any atom is -0.0622 e. The van der Waals surface area contributed by atoms with Crippen LogP contribution < -0.4 is 0 Å². The Labute approximate surface area is 227 Å². The van der Waals surface area contributed by atoms with Gasteiger partial charge in [0.05, 0.1) is 0 Å². The summed E-state index contributed by atoms with van der Waals surface area (Å²) in [6, 6.07) is 53.4. The van der Waals surface area contributed by atoms with E-state index in [9.17, 15) is 0 Å². The highest BCUT2D eigenvalue weighted by molar-refractivity contribution is 6.21. The molecule has 0 bridgehead atoms. The van der Waals surface area contributed by atoms with Crippen LogP contribution in [0.5, 0.6) is 0 Å². The molecule has 0 amide bonds. The summed E-state index contributed by atoms with van der Waals surface area (Å²) in [5.74, 6) is 0. The third-order valence-electron chi connectivity index (χ3n) is 8.31. The number of hydrogen-bond donors (Lipinski definition) is 0. The van der Waals surface area contributed by atoms with Crippen LogP contribution in [0.1, 0.15) is 11.1 Å². The van der Waals surface area contributed by atoms with Crippen molar-refractivity contribution in [1.82, 2.24) is 0 Å². The van der Waals surface area contributed by atoms with Crippen LogP contribution in [0.3, 0.4) is 0 Å². The van der Waals surface area contributed by atoms with Crippen molar-refractivity contribution in [2.75, 3.05) is 0 Å². The van der Waals surface area contributed by atoms with Crippen LogP contribution in [0.2, 0.25) is 0 Å². The van der Waals surface area contributed by atoms with E-state index in [1.807, 2.05) is 0 Å². The monoisotopic (exact) mass is 494 g/mol. The zero-order valence-corrected chi connectivity index (χ0v) is 21.6.